The third-order valence-corrected chi connectivity index (χ3v) is 5.08. The van der Waals surface area contributed by atoms with E-state index < -0.39 is 0 Å². The molecule has 2 aromatic rings. The van der Waals surface area contributed by atoms with Gasteiger partial charge in [0, 0.05) is 26.2 Å². The number of guanidine groups is 1. The van der Waals surface area contributed by atoms with E-state index in [0.717, 1.165) is 45.4 Å². The van der Waals surface area contributed by atoms with Gasteiger partial charge >= 0.3 is 0 Å². The Morgan fingerprint density at radius 1 is 1.09 bits per heavy atom. The number of hydrogen-bond donors (Lipinski definition) is 2. The summed E-state index contributed by atoms with van der Waals surface area (Å²) in [5.41, 5.74) is 2.53. The lowest BCUT2D eigenvalue weighted by atomic mass is 10.1. The van der Waals surface area contributed by atoms with Gasteiger partial charge in [-0.2, -0.15) is 0 Å². The Bertz CT molecular complexity index is 829. The fraction of sp³-hybridized carbons (Fsp3) is 0.458. The standard InChI is InChI=1S/C24H33FN4O2.HI/c1-3-26-24(27-16-19(2)31-23-10-8-22(25)9-11-23)28-17-20-6-4-5-7-21(20)18-29-12-14-30-15-13-29;/h4-11,19H,3,12-18H2,1-2H3,(H2,26,27,28);1H. The maximum atomic E-state index is 13.0. The van der Waals surface area contributed by atoms with Crippen molar-refractivity contribution in [1.29, 1.82) is 0 Å². The molecular formula is C24H34FIN4O2. The predicted molar refractivity (Wildman–Crippen MR) is 137 cm³/mol. The van der Waals surface area contributed by atoms with Gasteiger partial charge in [0.15, 0.2) is 5.96 Å². The molecule has 3 rings (SSSR count). The van der Waals surface area contributed by atoms with Crippen LogP contribution in [-0.4, -0.2) is 56.4 Å². The molecule has 176 valence electrons. The molecule has 2 N–H and O–H groups in total. The van der Waals surface area contributed by atoms with Crippen LogP contribution in [0.5, 0.6) is 5.75 Å². The summed E-state index contributed by atoms with van der Waals surface area (Å²) in [4.78, 5) is 7.19. The molecule has 0 spiro atoms. The van der Waals surface area contributed by atoms with Crippen LogP contribution in [0.2, 0.25) is 0 Å². The second kappa shape index (κ2) is 14.3. The normalized spacial score (nSPS) is 15.5. The highest BCUT2D eigenvalue weighted by molar-refractivity contribution is 14.0. The number of benzene rings is 2. The van der Waals surface area contributed by atoms with Gasteiger partial charge in [0.1, 0.15) is 17.7 Å². The Balaban J connectivity index is 0.00000363. The topological polar surface area (TPSA) is 58.1 Å². The van der Waals surface area contributed by atoms with Crippen LogP contribution in [0.3, 0.4) is 0 Å². The van der Waals surface area contributed by atoms with Gasteiger partial charge in [-0.3, -0.25) is 4.90 Å². The van der Waals surface area contributed by atoms with E-state index in [-0.39, 0.29) is 35.9 Å². The first-order valence-electron chi connectivity index (χ1n) is 11.0. The van der Waals surface area contributed by atoms with E-state index in [1.807, 2.05) is 13.8 Å². The zero-order valence-corrected chi connectivity index (χ0v) is 21.2. The molecule has 0 aliphatic carbocycles. The van der Waals surface area contributed by atoms with Crippen LogP contribution >= 0.6 is 24.0 Å². The molecule has 0 saturated carbocycles. The highest BCUT2D eigenvalue weighted by Crippen LogP contribution is 2.15. The molecular weight excluding hydrogens is 522 g/mol. The number of morpholine rings is 1. The maximum absolute atomic E-state index is 13.0. The van der Waals surface area contributed by atoms with Crippen molar-refractivity contribution in [2.45, 2.75) is 33.0 Å². The van der Waals surface area contributed by atoms with Crippen molar-refractivity contribution in [2.24, 2.45) is 4.99 Å². The van der Waals surface area contributed by atoms with Crippen molar-refractivity contribution >= 4 is 29.9 Å². The van der Waals surface area contributed by atoms with Crippen LogP contribution in [0.1, 0.15) is 25.0 Å². The molecule has 1 fully saturated rings. The Morgan fingerprint density at radius 2 is 1.78 bits per heavy atom. The number of nitrogens with zero attached hydrogens (tertiary/aromatic N) is 2. The predicted octanol–water partition coefficient (Wildman–Crippen LogP) is 3.80. The SMILES string of the molecule is CCNC(=NCc1ccccc1CN1CCOCC1)NCC(C)Oc1ccc(F)cc1.I. The molecule has 1 atom stereocenters. The van der Waals surface area contributed by atoms with Gasteiger partial charge in [0.2, 0.25) is 0 Å². The van der Waals surface area contributed by atoms with E-state index in [0.29, 0.717) is 18.8 Å². The monoisotopic (exact) mass is 556 g/mol. The minimum atomic E-state index is -0.270. The summed E-state index contributed by atoms with van der Waals surface area (Å²) in [5, 5.41) is 6.62. The lowest BCUT2D eigenvalue weighted by Crippen LogP contribution is -2.41. The van der Waals surface area contributed by atoms with Crippen molar-refractivity contribution in [2.75, 3.05) is 39.4 Å². The molecule has 1 heterocycles. The molecule has 0 radical (unpaired) electrons. The van der Waals surface area contributed by atoms with Crippen LogP contribution in [-0.2, 0) is 17.8 Å². The summed E-state index contributed by atoms with van der Waals surface area (Å²) < 4.78 is 24.3. The van der Waals surface area contributed by atoms with Crippen LogP contribution in [0, 0.1) is 5.82 Å². The van der Waals surface area contributed by atoms with E-state index >= 15 is 0 Å². The minimum Gasteiger partial charge on any atom is -0.489 e. The minimum absolute atomic E-state index is 0. The van der Waals surface area contributed by atoms with E-state index in [1.54, 1.807) is 12.1 Å². The fourth-order valence-corrected chi connectivity index (χ4v) is 3.40. The summed E-state index contributed by atoms with van der Waals surface area (Å²) >= 11 is 0. The third kappa shape index (κ3) is 8.91. The first-order chi connectivity index (χ1) is 15.1. The van der Waals surface area contributed by atoms with Crippen LogP contribution in [0.4, 0.5) is 4.39 Å². The smallest absolute Gasteiger partial charge is 0.191 e. The summed E-state index contributed by atoms with van der Waals surface area (Å²) in [6.07, 6.45) is -0.0945. The summed E-state index contributed by atoms with van der Waals surface area (Å²) in [5.74, 6) is 1.13. The van der Waals surface area contributed by atoms with Crippen LogP contribution in [0.25, 0.3) is 0 Å². The molecule has 0 aromatic heterocycles. The molecule has 8 heteroatoms. The molecule has 6 nitrogen and oxygen atoms in total. The van der Waals surface area contributed by atoms with E-state index in [4.69, 9.17) is 14.5 Å². The molecule has 1 unspecified atom stereocenters. The van der Waals surface area contributed by atoms with Crippen molar-refractivity contribution in [3.05, 3.63) is 65.5 Å². The van der Waals surface area contributed by atoms with E-state index in [1.165, 1.54) is 23.3 Å². The van der Waals surface area contributed by atoms with Crippen molar-refractivity contribution in [3.63, 3.8) is 0 Å². The van der Waals surface area contributed by atoms with Crippen LogP contribution in [0.15, 0.2) is 53.5 Å². The van der Waals surface area contributed by atoms with E-state index in [2.05, 4.69) is 39.8 Å². The molecule has 1 aliphatic rings. The number of nitrogens with one attached hydrogen (secondary N) is 2. The lowest BCUT2D eigenvalue weighted by molar-refractivity contribution is 0.0341. The molecule has 32 heavy (non-hydrogen) atoms. The Labute approximate surface area is 207 Å². The highest BCUT2D eigenvalue weighted by Gasteiger charge is 2.13. The number of rotatable bonds is 9. The zero-order valence-electron chi connectivity index (χ0n) is 18.9. The van der Waals surface area contributed by atoms with Gasteiger partial charge in [-0.25, -0.2) is 9.38 Å². The molecule has 1 saturated heterocycles. The molecule has 0 amide bonds. The van der Waals surface area contributed by atoms with Crippen LogP contribution < -0.4 is 15.4 Å². The second-order valence-corrected chi connectivity index (χ2v) is 7.62. The quantitative estimate of drug-likeness (QED) is 0.280. The van der Waals surface area contributed by atoms with Gasteiger partial charge in [0.05, 0.1) is 26.3 Å². The number of aliphatic imine (C=N–C) groups is 1. The third-order valence-electron chi connectivity index (χ3n) is 5.08. The fourth-order valence-electron chi connectivity index (χ4n) is 3.40. The first kappa shape index (κ1) is 26.3. The molecule has 2 aromatic carbocycles. The summed E-state index contributed by atoms with van der Waals surface area (Å²) in [6.45, 7) is 10.4. The Morgan fingerprint density at radius 3 is 2.47 bits per heavy atom. The van der Waals surface area contributed by atoms with Gasteiger partial charge in [-0.15, -0.1) is 24.0 Å². The Hall–Kier alpha value is -1.91. The highest BCUT2D eigenvalue weighted by atomic mass is 127. The average molecular weight is 556 g/mol. The van der Waals surface area contributed by atoms with Crippen molar-refractivity contribution < 1.29 is 13.9 Å². The largest absolute Gasteiger partial charge is 0.489 e. The Kier molecular flexibility index (Phi) is 11.8. The molecule has 1 aliphatic heterocycles. The van der Waals surface area contributed by atoms with Gasteiger partial charge in [-0.05, 0) is 49.2 Å². The first-order valence-corrected chi connectivity index (χ1v) is 11.0. The number of hydrogen-bond acceptors (Lipinski definition) is 4. The van der Waals surface area contributed by atoms with Gasteiger partial charge < -0.3 is 20.1 Å². The van der Waals surface area contributed by atoms with Gasteiger partial charge in [0.25, 0.3) is 0 Å². The summed E-state index contributed by atoms with van der Waals surface area (Å²) in [7, 11) is 0. The molecule has 0 bridgehead atoms. The zero-order chi connectivity index (χ0) is 21.9. The lowest BCUT2D eigenvalue weighted by Gasteiger charge is -2.27. The average Bonchev–Trinajstić information content (AvgIpc) is 2.79. The summed E-state index contributed by atoms with van der Waals surface area (Å²) in [6, 6.07) is 14.5. The van der Waals surface area contributed by atoms with Crippen molar-refractivity contribution in [1.82, 2.24) is 15.5 Å². The maximum Gasteiger partial charge on any atom is 0.191 e. The van der Waals surface area contributed by atoms with Gasteiger partial charge in [-0.1, -0.05) is 24.3 Å². The van der Waals surface area contributed by atoms with Crippen molar-refractivity contribution in [3.8, 4) is 5.75 Å². The van der Waals surface area contributed by atoms with E-state index in [9.17, 15) is 4.39 Å². The number of ether oxygens (including phenoxy) is 2. The second-order valence-electron chi connectivity index (χ2n) is 7.62. The number of halogens is 2.